The molecule has 0 fully saturated rings. The van der Waals surface area contributed by atoms with Crippen LogP contribution < -0.4 is 4.74 Å². The first-order chi connectivity index (χ1) is 6.54. The van der Waals surface area contributed by atoms with Crippen LogP contribution in [0.5, 0.6) is 11.5 Å². The first kappa shape index (κ1) is 10.4. The lowest BCUT2D eigenvalue weighted by Gasteiger charge is -2.06. The molecule has 0 amide bonds. The second-order valence-corrected chi connectivity index (χ2v) is 2.33. The number of carbonyl (C=O) groups is 1. The van der Waals surface area contributed by atoms with Crippen LogP contribution >= 0.6 is 0 Å². The number of ether oxygens (including phenoxy) is 1. The smallest absolute Gasteiger partial charge is 0.387 e. The van der Waals surface area contributed by atoms with Crippen molar-refractivity contribution in [2.24, 2.45) is 0 Å². The highest BCUT2D eigenvalue weighted by Gasteiger charge is 2.12. The first-order valence-electron chi connectivity index (χ1n) is 3.47. The average Bonchev–Trinajstić information content (AvgIpc) is 2.01. The van der Waals surface area contributed by atoms with Crippen molar-refractivity contribution in [1.82, 2.24) is 0 Å². The molecule has 6 heteroatoms. The summed E-state index contributed by atoms with van der Waals surface area (Å²) in [6.07, 6.45) is 0.0802. The largest absolute Gasteiger partial charge is 0.507 e. The first-order valence-corrected chi connectivity index (χ1v) is 3.47. The Morgan fingerprint density at radius 3 is 2.50 bits per heavy atom. The Bertz CT molecular complexity index is 329. The molecule has 1 N–H and O–H groups in total. The zero-order chi connectivity index (χ0) is 10.7. The number of hydrogen-bond donors (Lipinski definition) is 1. The lowest BCUT2D eigenvalue weighted by Crippen LogP contribution is -2.02. The molecule has 0 spiro atoms. The van der Waals surface area contributed by atoms with E-state index in [1.165, 1.54) is 0 Å². The summed E-state index contributed by atoms with van der Waals surface area (Å²) in [6.45, 7) is -3.11. The molecule has 0 atom stereocenters. The molecule has 3 nitrogen and oxygen atoms in total. The monoisotopic (exact) mass is 206 g/mol. The van der Waals surface area contributed by atoms with Gasteiger partial charge in [0.25, 0.3) is 0 Å². The minimum Gasteiger partial charge on any atom is -0.507 e. The van der Waals surface area contributed by atoms with Crippen molar-refractivity contribution in [3.63, 3.8) is 0 Å². The molecule has 0 aliphatic heterocycles. The molecule has 0 unspecified atom stereocenters. The molecule has 14 heavy (non-hydrogen) atoms. The number of aromatic hydroxyl groups is 1. The van der Waals surface area contributed by atoms with Gasteiger partial charge in [0.1, 0.15) is 17.3 Å². The van der Waals surface area contributed by atoms with Crippen LogP contribution in [0.3, 0.4) is 0 Å². The number of alkyl halides is 2. The molecule has 1 aromatic rings. The standard InChI is InChI=1S/C8H5F3O3/c9-6-1-4(14-8(10)11)2-7(13)5(6)3-12/h1-3,8,13H. The molecule has 0 radical (unpaired) electrons. The van der Waals surface area contributed by atoms with Gasteiger partial charge in [-0.3, -0.25) is 4.79 Å². The van der Waals surface area contributed by atoms with E-state index in [-0.39, 0.29) is 6.29 Å². The summed E-state index contributed by atoms with van der Waals surface area (Å²) >= 11 is 0. The van der Waals surface area contributed by atoms with Crippen LogP contribution in [0, 0.1) is 5.82 Å². The van der Waals surface area contributed by atoms with Crippen molar-refractivity contribution in [2.45, 2.75) is 6.61 Å². The van der Waals surface area contributed by atoms with Crippen LogP contribution in [0.1, 0.15) is 10.4 Å². The average molecular weight is 206 g/mol. The van der Waals surface area contributed by atoms with Crippen molar-refractivity contribution >= 4 is 6.29 Å². The molecule has 0 aliphatic rings. The Labute approximate surface area is 76.7 Å². The number of benzene rings is 1. The van der Waals surface area contributed by atoms with E-state index in [9.17, 15) is 18.0 Å². The van der Waals surface area contributed by atoms with E-state index in [0.717, 1.165) is 6.07 Å². The van der Waals surface area contributed by atoms with Gasteiger partial charge in [0.05, 0.1) is 5.56 Å². The predicted molar refractivity (Wildman–Crippen MR) is 40.1 cm³/mol. The van der Waals surface area contributed by atoms with Gasteiger partial charge in [-0.2, -0.15) is 8.78 Å². The maximum absolute atomic E-state index is 12.8. The second-order valence-electron chi connectivity index (χ2n) is 2.33. The van der Waals surface area contributed by atoms with Gasteiger partial charge in [0, 0.05) is 12.1 Å². The van der Waals surface area contributed by atoms with E-state index in [1.807, 2.05) is 0 Å². The van der Waals surface area contributed by atoms with E-state index in [4.69, 9.17) is 5.11 Å². The molecule has 0 bridgehead atoms. The Kier molecular flexibility index (Phi) is 2.95. The molecule has 1 aromatic carbocycles. The van der Waals surface area contributed by atoms with Crippen molar-refractivity contribution in [2.75, 3.05) is 0 Å². The number of hydrogen-bond acceptors (Lipinski definition) is 3. The third kappa shape index (κ3) is 2.15. The molecule has 0 heterocycles. The van der Waals surface area contributed by atoms with E-state index < -0.39 is 29.5 Å². The molecule has 0 saturated carbocycles. The highest BCUT2D eigenvalue weighted by Crippen LogP contribution is 2.26. The topological polar surface area (TPSA) is 46.5 Å². The number of phenolic OH excluding ortho intramolecular Hbond substituents is 1. The van der Waals surface area contributed by atoms with E-state index >= 15 is 0 Å². The summed E-state index contributed by atoms with van der Waals surface area (Å²) in [5.41, 5.74) is -0.591. The van der Waals surface area contributed by atoms with Crippen LogP contribution in [0.15, 0.2) is 12.1 Å². The minimum atomic E-state index is -3.11. The van der Waals surface area contributed by atoms with Gasteiger partial charge in [-0.15, -0.1) is 0 Å². The van der Waals surface area contributed by atoms with Crippen LogP contribution in [0.25, 0.3) is 0 Å². The van der Waals surface area contributed by atoms with Gasteiger partial charge in [0.2, 0.25) is 0 Å². The molecular formula is C8H5F3O3. The zero-order valence-corrected chi connectivity index (χ0v) is 6.71. The lowest BCUT2D eigenvalue weighted by molar-refractivity contribution is -0.0500. The van der Waals surface area contributed by atoms with Crippen LogP contribution in [0.2, 0.25) is 0 Å². The van der Waals surface area contributed by atoms with Gasteiger partial charge in [-0.1, -0.05) is 0 Å². The fraction of sp³-hybridized carbons (Fsp3) is 0.125. The lowest BCUT2D eigenvalue weighted by atomic mass is 10.2. The molecular weight excluding hydrogens is 201 g/mol. The third-order valence-corrected chi connectivity index (χ3v) is 1.42. The van der Waals surface area contributed by atoms with Crippen molar-refractivity contribution < 1.29 is 27.8 Å². The van der Waals surface area contributed by atoms with Crippen molar-refractivity contribution in [3.8, 4) is 11.5 Å². The van der Waals surface area contributed by atoms with Gasteiger partial charge in [0.15, 0.2) is 6.29 Å². The quantitative estimate of drug-likeness (QED) is 0.768. The number of halogens is 3. The van der Waals surface area contributed by atoms with Crippen molar-refractivity contribution in [1.29, 1.82) is 0 Å². The van der Waals surface area contributed by atoms with E-state index in [2.05, 4.69) is 4.74 Å². The third-order valence-electron chi connectivity index (χ3n) is 1.42. The molecule has 0 saturated heterocycles. The molecule has 76 valence electrons. The van der Waals surface area contributed by atoms with Crippen molar-refractivity contribution in [3.05, 3.63) is 23.5 Å². The fourth-order valence-corrected chi connectivity index (χ4v) is 0.867. The zero-order valence-electron chi connectivity index (χ0n) is 6.71. The number of phenols is 1. The predicted octanol–water partition coefficient (Wildman–Crippen LogP) is 1.95. The summed E-state index contributed by atoms with van der Waals surface area (Å²) < 4.78 is 40.0. The second kappa shape index (κ2) is 3.99. The highest BCUT2D eigenvalue weighted by atomic mass is 19.3. The summed E-state index contributed by atoms with van der Waals surface area (Å²) in [5.74, 6) is -2.40. The summed E-state index contributed by atoms with van der Waals surface area (Å²) in [4.78, 5) is 10.2. The Morgan fingerprint density at radius 1 is 1.43 bits per heavy atom. The highest BCUT2D eigenvalue weighted by molar-refractivity contribution is 5.79. The minimum absolute atomic E-state index is 0.0802. The van der Waals surface area contributed by atoms with Crippen LogP contribution in [-0.4, -0.2) is 18.0 Å². The summed E-state index contributed by atoms with van der Waals surface area (Å²) in [5, 5.41) is 8.99. The number of rotatable bonds is 3. The van der Waals surface area contributed by atoms with Crippen LogP contribution in [-0.2, 0) is 0 Å². The van der Waals surface area contributed by atoms with Crippen LogP contribution in [0.4, 0.5) is 13.2 Å². The normalized spacial score (nSPS) is 10.3. The van der Waals surface area contributed by atoms with Gasteiger partial charge in [-0.25, -0.2) is 4.39 Å². The van der Waals surface area contributed by atoms with Gasteiger partial charge in [-0.05, 0) is 0 Å². The number of aldehydes is 1. The Balaban J connectivity index is 3.07. The summed E-state index contributed by atoms with van der Waals surface area (Å²) in [6, 6.07) is 1.33. The fourth-order valence-electron chi connectivity index (χ4n) is 0.867. The number of carbonyl (C=O) groups excluding carboxylic acids is 1. The molecule has 0 aromatic heterocycles. The summed E-state index contributed by atoms with van der Waals surface area (Å²) in [7, 11) is 0. The Morgan fingerprint density at radius 2 is 2.07 bits per heavy atom. The maximum Gasteiger partial charge on any atom is 0.387 e. The maximum atomic E-state index is 12.8. The Hall–Kier alpha value is -1.72. The van der Waals surface area contributed by atoms with E-state index in [0.29, 0.717) is 6.07 Å². The molecule has 0 aliphatic carbocycles. The van der Waals surface area contributed by atoms with Gasteiger partial charge >= 0.3 is 6.61 Å². The van der Waals surface area contributed by atoms with Gasteiger partial charge < -0.3 is 9.84 Å². The SMILES string of the molecule is O=Cc1c(O)cc(OC(F)F)cc1F. The molecule has 1 rings (SSSR count). The van der Waals surface area contributed by atoms with E-state index in [1.54, 1.807) is 0 Å².